The molecule has 1 fully saturated rings. The maximum atomic E-state index is 12.1. The van der Waals surface area contributed by atoms with E-state index in [1.54, 1.807) is 18.2 Å². The molecule has 26 heavy (non-hydrogen) atoms. The van der Waals surface area contributed by atoms with Gasteiger partial charge in [-0.25, -0.2) is 4.98 Å². The fourth-order valence-electron chi connectivity index (χ4n) is 2.35. The van der Waals surface area contributed by atoms with Gasteiger partial charge in [-0.15, -0.1) is 0 Å². The van der Waals surface area contributed by atoms with Crippen LogP contribution >= 0.6 is 23.1 Å². The third kappa shape index (κ3) is 3.35. The van der Waals surface area contributed by atoms with E-state index in [0.717, 1.165) is 10.2 Å². The minimum Gasteiger partial charge on any atom is -0.300 e. The molecule has 1 amide bonds. The van der Waals surface area contributed by atoms with Crippen molar-refractivity contribution in [2.45, 2.75) is 0 Å². The minimum absolute atomic E-state index is 0.0221. The van der Waals surface area contributed by atoms with Crippen molar-refractivity contribution in [3.63, 3.8) is 0 Å². The van der Waals surface area contributed by atoms with Gasteiger partial charge in [0.25, 0.3) is 11.6 Å². The summed E-state index contributed by atoms with van der Waals surface area (Å²) < 4.78 is 1.02. The summed E-state index contributed by atoms with van der Waals surface area (Å²) in [6.07, 6.45) is 1.61. The summed E-state index contributed by atoms with van der Waals surface area (Å²) in [4.78, 5) is 31.8. The quantitative estimate of drug-likeness (QED) is 0.418. The molecule has 4 rings (SSSR count). The lowest BCUT2D eigenvalue weighted by Gasteiger charge is -1.95. The van der Waals surface area contributed by atoms with Gasteiger partial charge in [-0.05, 0) is 35.5 Å². The first-order chi connectivity index (χ1) is 12.6. The molecule has 0 unspecified atom stereocenters. The van der Waals surface area contributed by atoms with E-state index >= 15 is 0 Å². The lowest BCUT2D eigenvalue weighted by Crippen LogP contribution is -2.19. The van der Waals surface area contributed by atoms with Gasteiger partial charge < -0.3 is 5.32 Å². The van der Waals surface area contributed by atoms with Gasteiger partial charge in [0.1, 0.15) is 0 Å². The Kier molecular flexibility index (Phi) is 4.23. The van der Waals surface area contributed by atoms with Gasteiger partial charge >= 0.3 is 0 Å². The van der Waals surface area contributed by atoms with Crippen LogP contribution < -0.4 is 5.32 Å². The summed E-state index contributed by atoms with van der Waals surface area (Å²) in [6.45, 7) is 0. The lowest BCUT2D eigenvalue weighted by molar-refractivity contribution is -0.384. The summed E-state index contributed by atoms with van der Waals surface area (Å²) in [5.74, 6) is -0.290. The molecule has 2 aromatic carbocycles. The van der Waals surface area contributed by atoms with E-state index in [9.17, 15) is 14.9 Å². The molecule has 0 aliphatic carbocycles. The van der Waals surface area contributed by atoms with Crippen LogP contribution in [-0.2, 0) is 4.79 Å². The highest BCUT2D eigenvalue weighted by Crippen LogP contribution is 2.32. The SMILES string of the molecule is O=C1N/C(=N\c2nc3ccccc3s2)S/C1=C/c1cccc([N+](=O)[O-])c1. The summed E-state index contributed by atoms with van der Waals surface area (Å²) >= 11 is 2.62. The van der Waals surface area contributed by atoms with Gasteiger partial charge in [0.2, 0.25) is 5.13 Å². The number of amides is 1. The van der Waals surface area contributed by atoms with Gasteiger partial charge in [-0.1, -0.05) is 35.6 Å². The molecule has 0 atom stereocenters. The molecule has 1 aliphatic rings. The maximum absolute atomic E-state index is 12.1. The van der Waals surface area contributed by atoms with Crippen molar-refractivity contribution >= 4 is 61.3 Å². The topological polar surface area (TPSA) is 97.5 Å². The number of hydrogen-bond acceptors (Lipinski definition) is 7. The van der Waals surface area contributed by atoms with E-state index in [1.165, 1.54) is 35.2 Å². The number of para-hydroxylation sites is 1. The number of benzene rings is 2. The van der Waals surface area contributed by atoms with Crippen molar-refractivity contribution in [3.8, 4) is 0 Å². The molecular weight excluding hydrogens is 372 g/mol. The number of thioether (sulfide) groups is 1. The Bertz CT molecular complexity index is 1070. The Labute approximate surface area is 155 Å². The van der Waals surface area contributed by atoms with Crippen LogP contribution in [0.4, 0.5) is 10.8 Å². The van der Waals surface area contributed by atoms with Crippen molar-refractivity contribution in [3.05, 3.63) is 69.1 Å². The Hall–Kier alpha value is -3.04. The van der Waals surface area contributed by atoms with E-state index in [4.69, 9.17) is 0 Å². The number of carbonyl (C=O) groups excluding carboxylic acids is 1. The number of fused-ring (bicyclic) bond motifs is 1. The molecule has 1 saturated heterocycles. The number of aromatic nitrogens is 1. The summed E-state index contributed by atoms with van der Waals surface area (Å²) in [5, 5.41) is 14.5. The average molecular weight is 382 g/mol. The molecular formula is C17H10N4O3S2. The minimum atomic E-state index is -0.468. The molecule has 0 radical (unpaired) electrons. The van der Waals surface area contributed by atoms with Crippen molar-refractivity contribution in [2.75, 3.05) is 0 Å². The molecule has 128 valence electrons. The number of thiazole rings is 1. The van der Waals surface area contributed by atoms with Crippen molar-refractivity contribution in [2.24, 2.45) is 4.99 Å². The predicted molar refractivity (Wildman–Crippen MR) is 104 cm³/mol. The zero-order chi connectivity index (χ0) is 18.1. The first-order valence-corrected chi connectivity index (χ1v) is 9.11. The Morgan fingerprint density at radius 2 is 2.04 bits per heavy atom. The standard InChI is InChI=1S/C17H10N4O3S2/c22-15-14(9-10-4-3-5-11(8-10)21(23)24)26-17(19-15)20-16-18-12-6-1-2-7-13(12)25-16/h1-9H,(H,18,19,20,22)/b14-9+. The molecule has 1 aliphatic heterocycles. The number of nitrogens with zero attached hydrogens (tertiary/aromatic N) is 3. The molecule has 9 heteroatoms. The van der Waals surface area contributed by atoms with Crippen LogP contribution in [-0.4, -0.2) is 21.0 Å². The molecule has 2 heterocycles. The number of carbonyl (C=O) groups is 1. The number of nitro groups is 1. The van der Waals surface area contributed by atoms with E-state index in [-0.39, 0.29) is 11.6 Å². The molecule has 7 nitrogen and oxygen atoms in total. The second-order valence-corrected chi connectivity index (χ2v) is 7.34. The van der Waals surface area contributed by atoms with Crippen LogP contribution in [0.5, 0.6) is 0 Å². The summed E-state index contributed by atoms with van der Waals surface area (Å²) in [7, 11) is 0. The zero-order valence-electron chi connectivity index (χ0n) is 13.1. The van der Waals surface area contributed by atoms with E-state index < -0.39 is 4.92 Å². The Morgan fingerprint density at radius 3 is 2.85 bits per heavy atom. The maximum Gasteiger partial charge on any atom is 0.270 e. The van der Waals surface area contributed by atoms with Gasteiger partial charge in [-0.2, -0.15) is 4.99 Å². The smallest absolute Gasteiger partial charge is 0.270 e. The molecule has 0 bridgehead atoms. The molecule has 1 aromatic heterocycles. The second kappa shape index (κ2) is 6.70. The number of nitro benzene ring substituents is 1. The van der Waals surface area contributed by atoms with Crippen LogP contribution in [0, 0.1) is 10.1 Å². The van der Waals surface area contributed by atoms with Crippen LogP contribution in [0.25, 0.3) is 16.3 Å². The zero-order valence-corrected chi connectivity index (χ0v) is 14.7. The number of non-ortho nitro benzene ring substituents is 1. The van der Waals surface area contributed by atoms with E-state index in [2.05, 4.69) is 15.3 Å². The monoisotopic (exact) mass is 382 g/mol. The first kappa shape index (κ1) is 16.4. The molecule has 0 spiro atoms. The molecule has 0 saturated carbocycles. The number of hydrogen-bond donors (Lipinski definition) is 1. The van der Waals surface area contributed by atoms with Crippen LogP contribution in [0.3, 0.4) is 0 Å². The van der Waals surface area contributed by atoms with Crippen molar-refractivity contribution < 1.29 is 9.72 Å². The number of nitrogens with one attached hydrogen (secondary N) is 1. The molecule has 1 N–H and O–H groups in total. The van der Waals surface area contributed by atoms with E-state index in [0.29, 0.717) is 20.8 Å². The molecule has 3 aromatic rings. The largest absolute Gasteiger partial charge is 0.300 e. The highest BCUT2D eigenvalue weighted by Gasteiger charge is 2.24. The number of aliphatic imine (C=N–C) groups is 1. The van der Waals surface area contributed by atoms with Gasteiger partial charge in [0, 0.05) is 12.1 Å². The average Bonchev–Trinajstić information content (AvgIpc) is 3.18. The highest BCUT2D eigenvalue weighted by atomic mass is 32.2. The lowest BCUT2D eigenvalue weighted by atomic mass is 10.2. The Morgan fingerprint density at radius 1 is 1.19 bits per heavy atom. The van der Waals surface area contributed by atoms with Gasteiger partial charge in [0.05, 0.1) is 20.0 Å². The fraction of sp³-hybridized carbons (Fsp3) is 0. The first-order valence-electron chi connectivity index (χ1n) is 7.48. The van der Waals surface area contributed by atoms with Crippen molar-refractivity contribution in [1.82, 2.24) is 10.3 Å². The highest BCUT2D eigenvalue weighted by molar-refractivity contribution is 8.18. The van der Waals surface area contributed by atoms with Crippen molar-refractivity contribution in [1.29, 1.82) is 0 Å². The predicted octanol–water partition coefficient (Wildman–Crippen LogP) is 4.10. The normalized spacial score (nSPS) is 17.2. The summed E-state index contributed by atoms with van der Waals surface area (Å²) in [5.41, 5.74) is 1.42. The van der Waals surface area contributed by atoms with E-state index in [1.807, 2.05) is 24.3 Å². The van der Waals surface area contributed by atoms with Crippen LogP contribution in [0.15, 0.2) is 58.4 Å². The van der Waals surface area contributed by atoms with Gasteiger partial charge in [-0.3, -0.25) is 14.9 Å². The third-order valence-electron chi connectivity index (χ3n) is 3.51. The van der Waals surface area contributed by atoms with Gasteiger partial charge in [0.15, 0.2) is 5.17 Å². The van der Waals surface area contributed by atoms with Crippen LogP contribution in [0.2, 0.25) is 0 Å². The Balaban J connectivity index is 1.60. The summed E-state index contributed by atoms with van der Waals surface area (Å²) in [6, 6.07) is 13.8. The second-order valence-electron chi connectivity index (χ2n) is 5.30. The number of rotatable bonds is 3. The fourth-order valence-corrected chi connectivity index (χ4v) is 4.08. The number of amidine groups is 1. The third-order valence-corrected chi connectivity index (χ3v) is 5.35. The van der Waals surface area contributed by atoms with Crippen LogP contribution in [0.1, 0.15) is 5.56 Å².